The van der Waals surface area contributed by atoms with Crippen LogP contribution in [0.1, 0.15) is 22.8 Å². The van der Waals surface area contributed by atoms with E-state index in [1.807, 2.05) is 30.3 Å². The third kappa shape index (κ3) is 4.51. The lowest BCUT2D eigenvalue weighted by Gasteiger charge is -2.45. The fraction of sp³-hybridized carbons (Fsp3) is 0.292. The zero-order valence-electron chi connectivity index (χ0n) is 17.7. The van der Waals surface area contributed by atoms with E-state index in [1.54, 1.807) is 29.2 Å². The molecule has 1 heterocycles. The molecular weight excluding hydrogens is 396 g/mol. The zero-order chi connectivity index (χ0) is 22.4. The molecule has 2 aromatic carbocycles. The lowest BCUT2D eigenvalue weighted by atomic mass is 9.93. The first-order chi connectivity index (χ1) is 14.9. The van der Waals surface area contributed by atoms with Gasteiger partial charge in [0.25, 0.3) is 11.8 Å². The van der Waals surface area contributed by atoms with Gasteiger partial charge in [0.2, 0.25) is 0 Å². The molecule has 0 aliphatic carbocycles. The van der Waals surface area contributed by atoms with Crippen LogP contribution in [0.15, 0.2) is 67.3 Å². The Hall–Kier alpha value is -3.45. The molecule has 7 heteroatoms. The van der Waals surface area contributed by atoms with Crippen molar-refractivity contribution in [1.29, 1.82) is 0 Å². The Balaban J connectivity index is 1.90. The van der Waals surface area contributed by atoms with E-state index < -0.39 is 23.3 Å². The summed E-state index contributed by atoms with van der Waals surface area (Å²) in [5, 5.41) is 0. The minimum atomic E-state index is -1.64. The normalized spacial score (nSPS) is 19.0. The fourth-order valence-corrected chi connectivity index (χ4v) is 3.56. The Morgan fingerprint density at radius 3 is 2.39 bits per heavy atom. The highest BCUT2D eigenvalue weighted by Gasteiger charge is 2.54. The predicted molar refractivity (Wildman–Crippen MR) is 115 cm³/mol. The average molecular weight is 422 g/mol. The van der Waals surface area contributed by atoms with E-state index in [9.17, 15) is 14.4 Å². The van der Waals surface area contributed by atoms with Gasteiger partial charge in [0.1, 0.15) is 12.4 Å². The Labute approximate surface area is 181 Å². The molecule has 1 aliphatic heterocycles. The Morgan fingerprint density at radius 1 is 1.10 bits per heavy atom. The number of imide groups is 1. The average Bonchev–Trinajstić information content (AvgIpc) is 2.81. The molecule has 1 unspecified atom stereocenters. The van der Waals surface area contributed by atoms with Crippen molar-refractivity contribution in [2.24, 2.45) is 0 Å². The van der Waals surface area contributed by atoms with Gasteiger partial charge in [0, 0.05) is 25.2 Å². The Morgan fingerprint density at radius 2 is 1.77 bits per heavy atom. The van der Waals surface area contributed by atoms with Gasteiger partial charge in [0.15, 0.2) is 5.54 Å². The van der Waals surface area contributed by atoms with Crippen molar-refractivity contribution in [3.05, 3.63) is 78.4 Å². The highest BCUT2D eigenvalue weighted by Crippen LogP contribution is 2.28. The molecule has 0 radical (unpaired) electrons. The van der Waals surface area contributed by atoms with Crippen LogP contribution >= 0.6 is 0 Å². The summed E-state index contributed by atoms with van der Waals surface area (Å²) in [7, 11) is 1.53. The standard InChI is InChI=1S/C24H26N2O5/c1-4-16-31-23(29)24(2)22(28)26(21(27)19-10-12-20(30-3)13-11-19)15-14-25(24)17-18-8-6-5-7-9-18/h4-13H,1,14-17H2,2-3H3. The predicted octanol–water partition coefficient (Wildman–Crippen LogP) is 2.67. The molecule has 0 spiro atoms. The summed E-state index contributed by atoms with van der Waals surface area (Å²) >= 11 is 0. The van der Waals surface area contributed by atoms with E-state index in [2.05, 4.69) is 6.58 Å². The van der Waals surface area contributed by atoms with Gasteiger partial charge < -0.3 is 9.47 Å². The number of benzene rings is 2. The number of nitrogens with zero attached hydrogens (tertiary/aromatic N) is 2. The van der Waals surface area contributed by atoms with Crippen LogP contribution in [0.3, 0.4) is 0 Å². The number of piperazine rings is 1. The summed E-state index contributed by atoms with van der Waals surface area (Å²) in [4.78, 5) is 42.5. The summed E-state index contributed by atoms with van der Waals surface area (Å²) in [6.07, 6.45) is 1.44. The second-order valence-corrected chi connectivity index (χ2v) is 7.36. The topological polar surface area (TPSA) is 76.2 Å². The summed E-state index contributed by atoms with van der Waals surface area (Å²) < 4.78 is 10.4. The third-order valence-corrected chi connectivity index (χ3v) is 5.42. The van der Waals surface area contributed by atoms with Crippen LogP contribution in [-0.2, 0) is 20.9 Å². The molecule has 1 aliphatic rings. The molecule has 3 rings (SSSR count). The molecule has 31 heavy (non-hydrogen) atoms. The van der Waals surface area contributed by atoms with E-state index in [0.29, 0.717) is 24.4 Å². The van der Waals surface area contributed by atoms with Crippen molar-refractivity contribution in [2.45, 2.75) is 19.0 Å². The van der Waals surface area contributed by atoms with Gasteiger partial charge in [-0.05, 0) is 36.8 Å². The van der Waals surface area contributed by atoms with Crippen LogP contribution in [0.2, 0.25) is 0 Å². The van der Waals surface area contributed by atoms with Crippen LogP contribution in [0.25, 0.3) is 0 Å². The van der Waals surface area contributed by atoms with Gasteiger partial charge in [-0.25, -0.2) is 4.79 Å². The van der Waals surface area contributed by atoms with Crippen LogP contribution in [0.5, 0.6) is 5.75 Å². The van der Waals surface area contributed by atoms with Crippen molar-refractivity contribution in [3.8, 4) is 5.75 Å². The van der Waals surface area contributed by atoms with Crippen molar-refractivity contribution >= 4 is 17.8 Å². The van der Waals surface area contributed by atoms with Crippen molar-refractivity contribution < 1.29 is 23.9 Å². The number of amides is 2. The van der Waals surface area contributed by atoms with Gasteiger partial charge >= 0.3 is 5.97 Å². The van der Waals surface area contributed by atoms with Gasteiger partial charge in [-0.2, -0.15) is 0 Å². The molecule has 1 fully saturated rings. The number of esters is 1. The number of carbonyl (C=O) groups is 3. The largest absolute Gasteiger partial charge is 0.497 e. The van der Waals surface area contributed by atoms with Crippen LogP contribution < -0.4 is 4.74 Å². The second kappa shape index (κ2) is 9.57. The highest BCUT2D eigenvalue weighted by atomic mass is 16.5. The van der Waals surface area contributed by atoms with Crippen LogP contribution in [-0.4, -0.2) is 59.9 Å². The molecule has 1 atom stereocenters. The fourth-order valence-electron chi connectivity index (χ4n) is 3.56. The Kier molecular flexibility index (Phi) is 6.87. The molecule has 0 N–H and O–H groups in total. The van der Waals surface area contributed by atoms with Gasteiger partial charge in [-0.3, -0.25) is 19.4 Å². The number of methoxy groups -OCH3 is 1. The number of ether oxygens (including phenoxy) is 2. The van der Waals surface area contributed by atoms with Gasteiger partial charge in [-0.15, -0.1) is 0 Å². The van der Waals surface area contributed by atoms with E-state index in [4.69, 9.17) is 9.47 Å². The van der Waals surface area contributed by atoms with Crippen molar-refractivity contribution in [3.63, 3.8) is 0 Å². The lowest BCUT2D eigenvalue weighted by Crippen LogP contribution is -2.69. The van der Waals surface area contributed by atoms with Gasteiger partial charge in [-0.1, -0.05) is 43.0 Å². The van der Waals surface area contributed by atoms with E-state index >= 15 is 0 Å². The van der Waals surface area contributed by atoms with Crippen molar-refractivity contribution in [2.75, 3.05) is 26.8 Å². The molecule has 0 aromatic heterocycles. The number of carbonyl (C=O) groups excluding carboxylic acids is 3. The van der Waals surface area contributed by atoms with Gasteiger partial charge in [0.05, 0.1) is 7.11 Å². The summed E-state index contributed by atoms with van der Waals surface area (Å²) in [5.74, 6) is -1.17. The maximum atomic E-state index is 13.5. The first kappa shape index (κ1) is 22.2. The first-order valence-electron chi connectivity index (χ1n) is 9.99. The summed E-state index contributed by atoms with van der Waals surface area (Å²) in [6, 6.07) is 16.0. The molecule has 2 aromatic rings. The number of rotatable bonds is 7. The summed E-state index contributed by atoms with van der Waals surface area (Å²) in [6.45, 7) is 5.92. The maximum Gasteiger partial charge on any atom is 0.336 e. The van der Waals surface area contributed by atoms with E-state index in [0.717, 1.165) is 10.5 Å². The molecule has 1 saturated heterocycles. The first-order valence-corrected chi connectivity index (χ1v) is 9.99. The molecular formula is C24H26N2O5. The van der Waals surface area contributed by atoms with Crippen LogP contribution in [0, 0.1) is 0 Å². The monoisotopic (exact) mass is 422 g/mol. The lowest BCUT2D eigenvalue weighted by molar-refractivity contribution is -0.169. The minimum Gasteiger partial charge on any atom is -0.497 e. The van der Waals surface area contributed by atoms with E-state index in [1.165, 1.54) is 20.1 Å². The molecule has 2 amide bonds. The quantitative estimate of drug-likeness (QED) is 0.296. The second-order valence-electron chi connectivity index (χ2n) is 7.36. The van der Waals surface area contributed by atoms with Crippen LogP contribution in [0.4, 0.5) is 0 Å². The molecule has 162 valence electrons. The smallest absolute Gasteiger partial charge is 0.336 e. The van der Waals surface area contributed by atoms with Crippen molar-refractivity contribution in [1.82, 2.24) is 9.80 Å². The third-order valence-electron chi connectivity index (χ3n) is 5.42. The van der Waals surface area contributed by atoms with E-state index in [-0.39, 0.29) is 13.2 Å². The number of hydrogen-bond donors (Lipinski definition) is 0. The SMILES string of the molecule is C=CCOC(=O)C1(C)C(=O)N(C(=O)c2ccc(OC)cc2)CCN1Cc1ccccc1. The highest BCUT2D eigenvalue weighted by molar-refractivity contribution is 6.15. The summed E-state index contributed by atoms with van der Waals surface area (Å²) in [5.41, 5.74) is -0.348. The zero-order valence-corrected chi connectivity index (χ0v) is 17.7. The molecule has 0 saturated carbocycles. The number of hydrogen-bond acceptors (Lipinski definition) is 6. The maximum absolute atomic E-state index is 13.5. The minimum absolute atomic E-state index is 0.0205. The molecule has 0 bridgehead atoms. The Bertz CT molecular complexity index is 958. The molecule has 7 nitrogen and oxygen atoms in total.